The first kappa shape index (κ1) is 17.0. The van der Waals surface area contributed by atoms with E-state index in [2.05, 4.69) is 36.0 Å². The number of aryl methyl sites for hydroxylation is 2. The van der Waals surface area contributed by atoms with Gasteiger partial charge in [-0.15, -0.1) is 0 Å². The van der Waals surface area contributed by atoms with E-state index in [-0.39, 0.29) is 5.91 Å². The molecular weight excluding hydrogens is 286 g/mol. The first-order valence-corrected chi connectivity index (χ1v) is 8.21. The lowest BCUT2D eigenvalue weighted by Gasteiger charge is -2.20. The number of amides is 1. The molecule has 0 unspecified atom stereocenters. The van der Waals surface area contributed by atoms with Crippen LogP contribution in [0.5, 0.6) is 0 Å². The van der Waals surface area contributed by atoms with Crippen molar-refractivity contribution in [2.75, 3.05) is 23.3 Å². The molecule has 2 rings (SSSR count). The number of para-hydroxylation sites is 1. The summed E-state index contributed by atoms with van der Waals surface area (Å²) in [5.41, 5.74) is 4.58. The fourth-order valence-electron chi connectivity index (χ4n) is 2.68. The highest BCUT2D eigenvalue weighted by Crippen LogP contribution is 2.22. The quantitative estimate of drug-likeness (QED) is 0.875. The van der Waals surface area contributed by atoms with Gasteiger partial charge in [-0.05, 0) is 50.5 Å². The smallest absolute Gasteiger partial charge is 0.274 e. The van der Waals surface area contributed by atoms with Crippen LogP contribution in [0.4, 0.5) is 11.4 Å². The first-order valence-electron chi connectivity index (χ1n) is 8.21. The molecule has 0 spiro atoms. The largest absolute Gasteiger partial charge is 0.371 e. The summed E-state index contributed by atoms with van der Waals surface area (Å²) in [6.07, 6.45) is 2.64. The number of hydrogen-bond donors (Lipinski definition) is 1. The van der Waals surface area contributed by atoms with Gasteiger partial charge in [0, 0.05) is 18.8 Å². The molecule has 2 aromatic rings. The van der Waals surface area contributed by atoms with E-state index >= 15 is 0 Å². The molecule has 0 atom stereocenters. The lowest BCUT2D eigenvalue weighted by atomic mass is 10.1. The van der Waals surface area contributed by atoms with Crippen LogP contribution < -0.4 is 10.2 Å². The number of aromatic nitrogens is 1. The summed E-state index contributed by atoms with van der Waals surface area (Å²) in [5.74, 6) is -0.167. The van der Waals surface area contributed by atoms with Gasteiger partial charge >= 0.3 is 0 Å². The molecule has 0 aliphatic rings. The predicted octanol–water partition coefficient (Wildman–Crippen LogP) is 4.05. The van der Waals surface area contributed by atoms with E-state index in [4.69, 9.17) is 0 Å². The lowest BCUT2D eigenvalue weighted by Crippen LogP contribution is -2.22. The van der Waals surface area contributed by atoms with Gasteiger partial charge in [0.1, 0.15) is 5.69 Å². The summed E-state index contributed by atoms with van der Waals surface area (Å²) in [6, 6.07) is 9.80. The third-order valence-electron chi connectivity index (χ3n) is 4.09. The van der Waals surface area contributed by atoms with E-state index in [9.17, 15) is 4.79 Å². The highest BCUT2D eigenvalue weighted by molar-refractivity contribution is 6.03. The molecule has 0 saturated heterocycles. The van der Waals surface area contributed by atoms with Gasteiger partial charge < -0.3 is 10.2 Å². The average molecular weight is 311 g/mol. The van der Waals surface area contributed by atoms with Crippen LogP contribution in [0, 0.1) is 6.92 Å². The van der Waals surface area contributed by atoms with Gasteiger partial charge in [-0.3, -0.25) is 4.79 Å². The highest BCUT2D eigenvalue weighted by Gasteiger charge is 2.12. The fourth-order valence-corrected chi connectivity index (χ4v) is 2.68. The van der Waals surface area contributed by atoms with Crippen molar-refractivity contribution in [1.29, 1.82) is 0 Å². The Morgan fingerprint density at radius 1 is 1.13 bits per heavy atom. The first-order chi connectivity index (χ1) is 11.1. The molecule has 0 aliphatic carbocycles. The molecule has 0 fully saturated rings. The summed E-state index contributed by atoms with van der Waals surface area (Å²) >= 11 is 0. The van der Waals surface area contributed by atoms with E-state index in [0.717, 1.165) is 42.0 Å². The second-order valence-electron chi connectivity index (χ2n) is 5.49. The molecule has 1 heterocycles. The van der Waals surface area contributed by atoms with Crippen molar-refractivity contribution in [3.63, 3.8) is 0 Å². The van der Waals surface area contributed by atoms with Crippen molar-refractivity contribution < 1.29 is 4.79 Å². The SMILES string of the molecule is CCc1cccc(C)c1NC(=O)c1ccc(N(CC)CC)cn1. The van der Waals surface area contributed by atoms with Crippen LogP contribution >= 0.6 is 0 Å². The monoisotopic (exact) mass is 311 g/mol. The topological polar surface area (TPSA) is 45.2 Å². The number of anilines is 2. The average Bonchev–Trinajstić information content (AvgIpc) is 2.58. The zero-order valence-electron chi connectivity index (χ0n) is 14.4. The molecule has 4 nitrogen and oxygen atoms in total. The minimum absolute atomic E-state index is 0.167. The summed E-state index contributed by atoms with van der Waals surface area (Å²) in [5, 5.41) is 3.01. The molecule has 0 saturated carbocycles. The molecule has 0 bridgehead atoms. The van der Waals surface area contributed by atoms with Crippen molar-refractivity contribution >= 4 is 17.3 Å². The van der Waals surface area contributed by atoms with Crippen molar-refractivity contribution in [1.82, 2.24) is 4.98 Å². The van der Waals surface area contributed by atoms with E-state index in [1.54, 1.807) is 12.3 Å². The molecule has 0 aliphatic heterocycles. The second-order valence-corrected chi connectivity index (χ2v) is 5.49. The summed E-state index contributed by atoms with van der Waals surface area (Å²) in [4.78, 5) is 19.0. The van der Waals surface area contributed by atoms with E-state index in [1.165, 1.54) is 0 Å². The molecule has 1 aromatic heterocycles. The van der Waals surface area contributed by atoms with Crippen molar-refractivity contribution in [2.24, 2.45) is 0 Å². The Bertz CT molecular complexity index is 661. The molecule has 1 aromatic carbocycles. The summed E-state index contributed by atoms with van der Waals surface area (Å²) < 4.78 is 0. The highest BCUT2D eigenvalue weighted by atomic mass is 16.1. The zero-order valence-corrected chi connectivity index (χ0v) is 14.4. The molecule has 0 radical (unpaired) electrons. The van der Waals surface area contributed by atoms with Crippen LogP contribution in [-0.2, 0) is 6.42 Å². The molecule has 1 N–H and O–H groups in total. The predicted molar refractivity (Wildman–Crippen MR) is 96.3 cm³/mol. The van der Waals surface area contributed by atoms with Gasteiger partial charge in [0.05, 0.1) is 11.9 Å². The zero-order chi connectivity index (χ0) is 16.8. The Balaban J connectivity index is 2.19. The van der Waals surface area contributed by atoms with Gasteiger partial charge in [-0.25, -0.2) is 4.98 Å². The van der Waals surface area contributed by atoms with Gasteiger partial charge in [-0.1, -0.05) is 25.1 Å². The standard InChI is InChI=1S/C19H25N3O/c1-5-15-10-8-9-14(4)18(15)21-19(23)17-12-11-16(13-20-17)22(6-2)7-3/h8-13H,5-7H2,1-4H3,(H,21,23). The van der Waals surface area contributed by atoms with Crippen molar-refractivity contribution in [2.45, 2.75) is 34.1 Å². The second kappa shape index (κ2) is 7.77. The Labute approximate surface area is 138 Å². The maximum Gasteiger partial charge on any atom is 0.274 e. The Kier molecular flexibility index (Phi) is 5.74. The van der Waals surface area contributed by atoms with Crippen LogP contribution in [0.25, 0.3) is 0 Å². The number of benzene rings is 1. The number of nitrogens with one attached hydrogen (secondary N) is 1. The maximum absolute atomic E-state index is 12.5. The number of nitrogens with zero attached hydrogens (tertiary/aromatic N) is 2. The van der Waals surface area contributed by atoms with Crippen molar-refractivity contribution in [3.8, 4) is 0 Å². The molecule has 23 heavy (non-hydrogen) atoms. The van der Waals surface area contributed by atoms with Crippen LogP contribution in [0.3, 0.4) is 0 Å². The van der Waals surface area contributed by atoms with E-state index in [0.29, 0.717) is 5.69 Å². The fraction of sp³-hybridized carbons (Fsp3) is 0.368. The van der Waals surface area contributed by atoms with E-state index < -0.39 is 0 Å². The van der Waals surface area contributed by atoms with Gasteiger partial charge in [0.15, 0.2) is 0 Å². The molecule has 4 heteroatoms. The summed E-state index contributed by atoms with van der Waals surface area (Å²) in [7, 11) is 0. The molecular formula is C19H25N3O. The third-order valence-corrected chi connectivity index (χ3v) is 4.09. The minimum atomic E-state index is -0.167. The maximum atomic E-state index is 12.5. The van der Waals surface area contributed by atoms with Crippen LogP contribution in [0.1, 0.15) is 42.4 Å². The number of hydrogen-bond acceptors (Lipinski definition) is 3. The molecule has 122 valence electrons. The molecule has 1 amide bonds. The normalized spacial score (nSPS) is 10.4. The van der Waals surface area contributed by atoms with Crippen molar-refractivity contribution in [3.05, 3.63) is 53.3 Å². The van der Waals surface area contributed by atoms with Crippen LogP contribution in [0.15, 0.2) is 36.5 Å². The van der Waals surface area contributed by atoms with Gasteiger partial charge in [-0.2, -0.15) is 0 Å². The minimum Gasteiger partial charge on any atom is -0.371 e. The van der Waals surface area contributed by atoms with Crippen LogP contribution in [-0.4, -0.2) is 24.0 Å². The third kappa shape index (κ3) is 3.89. The number of carbonyl (C=O) groups excluding carboxylic acids is 1. The summed E-state index contributed by atoms with van der Waals surface area (Å²) in [6.45, 7) is 10.1. The lowest BCUT2D eigenvalue weighted by molar-refractivity contribution is 0.102. The van der Waals surface area contributed by atoms with E-state index in [1.807, 2.05) is 31.2 Å². The Hall–Kier alpha value is -2.36. The van der Waals surface area contributed by atoms with Gasteiger partial charge in [0.2, 0.25) is 0 Å². The van der Waals surface area contributed by atoms with Gasteiger partial charge in [0.25, 0.3) is 5.91 Å². The number of carbonyl (C=O) groups is 1. The Morgan fingerprint density at radius 3 is 2.43 bits per heavy atom. The van der Waals surface area contributed by atoms with Crippen LogP contribution in [0.2, 0.25) is 0 Å². The number of rotatable bonds is 6. The Morgan fingerprint density at radius 2 is 1.87 bits per heavy atom. The number of pyridine rings is 1.